The first-order valence-electron chi connectivity index (χ1n) is 6.18. The Morgan fingerprint density at radius 2 is 2.25 bits per heavy atom. The van der Waals surface area contributed by atoms with Crippen LogP contribution in [0.3, 0.4) is 0 Å². The van der Waals surface area contributed by atoms with Crippen LogP contribution < -0.4 is 0 Å². The van der Waals surface area contributed by atoms with Gasteiger partial charge < -0.3 is 9.67 Å². The highest BCUT2D eigenvalue weighted by Gasteiger charge is 2.27. The zero-order valence-corrected chi connectivity index (χ0v) is 9.76. The fourth-order valence-electron chi connectivity index (χ4n) is 2.88. The summed E-state index contributed by atoms with van der Waals surface area (Å²) in [4.78, 5) is 7.07. The molecular formula is C12H19N3O. The van der Waals surface area contributed by atoms with Crippen molar-refractivity contribution in [3.05, 3.63) is 17.7 Å². The van der Waals surface area contributed by atoms with Gasteiger partial charge in [0.05, 0.1) is 17.8 Å². The number of imidazole rings is 1. The molecule has 1 N–H and O–H groups in total. The maximum Gasteiger partial charge on any atom is 0.111 e. The first kappa shape index (κ1) is 10.3. The summed E-state index contributed by atoms with van der Waals surface area (Å²) in [6, 6.07) is 0.496. The zero-order chi connectivity index (χ0) is 11.1. The van der Waals surface area contributed by atoms with Crippen LogP contribution in [-0.4, -0.2) is 39.3 Å². The van der Waals surface area contributed by atoms with Crippen molar-refractivity contribution >= 4 is 0 Å². The van der Waals surface area contributed by atoms with Crippen molar-refractivity contribution in [2.45, 2.75) is 44.4 Å². The molecule has 0 saturated carbocycles. The second-order valence-electron chi connectivity index (χ2n) is 5.06. The molecule has 2 aliphatic heterocycles. The van der Waals surface area contributed by atoms with Crippen molar-refractivity contribution in [3.8, 4) is 0 Å². The van der Waals surface area contributed by atoms with Gasteiger partial charge in [-0.05, 0) is 32.9 Å². The van der Waals surface area contributed by atoms with E-state index in [1.54, 1.807) is 0 Å². The van der Waals surface area contributed by atoms with E-state index in [4.69, 9.17) is 4.98 Å². The molecule has 2 atom stereocenters. The first-order chi connectivity index (χ1) is 7.74. The molecule has 4 nitrogen and oxygen atoms in total. The molecule has 0 radical (unpaired) electrons. The number of aliphatic hydroxyl groups is 1. The molecule has 0 amide bonds. The number of nitrogens with zero attached hydrogens (tertiary/aromatic N) is 3. The largest absolute Gasteiger partial charge is 0.393 e. The average Bonchev–Trinajstić information content (AvgIpc) is 2.82. The van der Waals surface area contributed by atoms with E-state index in [9.17, 15) is 5.11 Å². The van der Waals surface area contributed by atoms with Crippen molar-refractivity contribution in [1.29, 1.82) is 0 Å². The van der Waals surface area contributed by atoms with E-state index in [-0.39, 0.29) is 6.10 Å². The van der Waals surface area contributed by atoms with Crippen LogP contribution in [0.4, 0.5) is 0 Å². The van der Waals surface area contributed by atoms with Crippen LogP contribution in [0.1, 0.15) is 36.8 Å². The minimum Gasteiger partial charge on any atom is -0.393 e. The van der Waals surface area contributed by atoms with E-state index in [0.717, 1.165) is 25.2 Å². The summed E-state index contributed by atoms with van der Waals surface area (Å²) < 4.78 is 2.22. The van der Waals surface area contributed by atoms with Crippen molar-refractivity contribution in [2.24, 2.45) is 0 Å². The summed E-state index contributed by atoms with van der Waals surface area (Å²) in [5.74, 6) is 1.06. The number of likely N-dealkylation sites (tertiary alicyclic amines) is 1. The lowest BCUT2D eigenvalue weighted by molar-refractivity contribution is 0.141. The molecule has 1 fully saturated rings. The SMILES string of the molecule is CN1CCCC1c1cn2c(n1)CC(O)CC2. The number of aryl methyl sites for hydroxylation is 1. The molecule has 16 heavy (non-hydrogen) atoms. The zero-order valence-electron chi connectivity index (χ0n) is 9.76. The highest BCUT2D eigenvalue weighted by Crippen LogP contribution is 2.30. The van der Waals surface area contributed by atoms with Gasteiger partial charge in [-0.15, -0.1) is 0 Å². The van der Waals surface area contributed by atoms with Crippen molar-refractivity contribution in [3.63, 3.8) is 0 Å². The fraction of sp³-hybridized carbons (Fsp3) is 0.750. The van der Waals surface area contributed by atoms with E-state index >= 15 is 0 Å². The normalized spacial score (nSPS) is 30.6. The molecular weight excluding hydrogens is 202 g/mol. The highest BCUT2D eigenvalue weighted by atomic mass is 16.3. The molecule has 0 aliphatic carbocycles. The summed E-state index contributed by atoms with van der Waals surface area (Å²) in [5, 5.41) is 9.62. The third-order valence-corrected chi connectivity index (χ3v) is 3.86. The fourth-order valence-corrected chi connectivity index (χ4v) is 2.88. The van der Waals surface area contributed by atoms with E-state index in [2.05, 4.69) is 22.7 Å². The molecule has 4 heteroatoms. The van der Waals surface area contributed by atoms with E-state index in [0.29, 0.717) is 6.04 Å². The number of fused-ring (bicyclic) bond motifs is 1. The third-order valence-electron chi connectivity index (χ3n) is 3.86. The number of aromatic nitrogens is 2. The predicted molar refractivity (Wildman–Crippen MR) is 61.2 cm³/mol. The third kappa shape index (κ3) is 1.66. The van der Waals surface area contributed by atoms with Gasteiger partial charge in [-0.25, -0.2) is 4.98 Å². The molecule has 3 rings (SSSR count). The number of aliphatic hydroxyl groups excluding tert-OH is 1. The molecule has 1 saturated heterocycles. The molecule has 1 aromatic heterocycles. The van der Waals surface area contributed by atoms with Crippen LogP contribution in [0, 0.1) is 0 Å². The number of rotatable bonds is 1. The topological polar surface area (TPSA) is 41.3 Å². The lowest BCUT2D eigenvalue weighted by Crippen LogP contribution is -2.22. The molecule has 2 unspecified atom stereocenters. The quantitative estimate of drug-likeness (QED) is 0.768. The number of hydrogen-bond donors (Lipinski definition) is 1. The van der Waals surface area contributed by atoms with Gasteiger partial charge in [0.2, 0.25) is 0 Å². The van der Waals surface area contributed by atoms with Crippen molar-refractivity contribution < 1.29 is 5.11 Å². The summed E-state index contributed by atoms with van der Waals surface area (Å²) in [5.41, 5.74) is 1.20. The van der Waals surface area contributed by atoms with Crippen LogP contribution in [0.25, 0.3) is 0 Å². The molecule has 88 valence electrons. The van der Waals surface area contributed by atoms with Crippen molar-refractivity contribution in [1.82, 2.24) is 14.5 Å². The second kappa shape index (κ2) is 3.86. The predicted octanol–water partition coefficient (Wildman–Crippen LogP) is 0.957. The Kier molecular flexibility index (Phi) is 2.48. The van der Waals surface area contributed by atoms with Gasteiger partial charge in [-0.3, -0.25) is 4.90 Å². The monoisotopic (exact) mass is 221 g/mol. The van der Waals surface area contributed by atoms with Crippen LogP contribution in [0.15, 0.2) is 6.20 Å². The van der Waals surface area contributed by atoms with Crippen LogP contribution in [-0.2, 0) is 13.0 Å². The maximum atomic E-state index is 9.62. The van der Waals surface area contributed by atoms with Crippen LogP contribution >= 0.6 is 0 Å². The van der Waals surface area contributed by atoms with E-state index < -0.39 is 0 Å². The minimum absolute atomic E-state index is 0.191. The molecule has 1 aromatic rings. The Morgan fingerprint density at radius 3 is 3.00 bits per heavy atom. The minimum atomic E-state index is -0.191. The summed E-state index contributed by atoms with van der Waals surface area (Å²) in [7, 11) is 2.17. The average molecular weight is 221 g/mol. The summed E-state index contributed by atoms with van der Waals surface area (Å²) >= 11 is 0. The van der Waals surface area contributed by atoms with Crippen molar-refractivity contribution in [2.75, 3.05) is 13.6 Å². The molecule has 0 aromatic carbocycles. The summed E-state index contributed by atoms with van der Waals surface area (Å²) in [6.45, 7) is 2.09. The van der Waals surface area contributed by atoms with Gasteiger partial charge in [-0.2, -0.15) is 0 Å². The second-order valence-corrected chi connectivity index (χ2v) is 5.06. The van der Waals surface area contributed by atoms with Gasteiger partial charge in [-0.1, -0.05) is 0 Å². The highest BCUT2D eigenvalue weighted by molar-refractivity contribution is 5.12. The molecule has 3 heterocycles. The molecule has 2 aliphatic rings. The number of hydrogen-bond acceptors (Lipinski definition) is 3. The Balaban J connectivity index is 1.86. The Morgan fingerprint density at radius 1 is 1.38 bits per heavy atom. The molecule has 0 spiro atoms. The Bertz CT molecular complexity index is 388. The van der Waals surface area contributed by atoms with Crippen LogP contribution in [0.5, 0.6) is 0 Å². The van der Waals surface area contributed by atoms with Gasteiger partial charge in [0.25, 0.3) is 0 Å². The lowest BCUT2D eigenvalue weighted by atomic mass is 10.1. The van der Waals surface area contributed by atoms with E-state index in [1.165, 1.54) is 25.1 Å². The smallest absolute Gasteiger partial charge is 0.111 e. The molecule has 0 bridgehead atoms. The Labute approximate surface area is 95.9 Å². The van der Waals surface area contributed by atoms with Crippen LogP contribution in [0.2, 0.25) is 0 Å². The first-order valence-corrected chi connectivity index (χ1v) is 6.18. The summed E-state index contributed by atoms with van der Waals surface area (Å²) in [6.07, 6.45) is 6.07. The standard InChI is InChI=1S/C12H19N3O/c1-14-5-2-3-11(14)10-8-15-6-4-9(16)7-12(15)13-10/h8-9,11,16H,2-7H2,1H3. The van der Waals surface area contributed by atoms with Gasteiger partial charge >= 0.3 is 0 Å². The lowest BCUT2D eigenvalue weighted by Gasteiger charge is -2.18. The Hall–Kier alpha value is -0.870. The van der Waals surface area contributed by atoms with E-state index in [1.807, 2.05) is 0 Å². The van der Waals surface area contributed by atoms with Gasteiger partial charge in [0.15, 0.2) is 0 Å². The van der Waals surface area contributed by atoms with Gasteiger partial charge in [0, 0.05) is 19.2 Å². The van der Waals surface area contributed by atoms with Gasteiger partial charge in [0.1, 0.15) is 5.82 Å². The maximum absolute atomic E-state index is 9.62.